The second-order valence-electron chi connectivity index (χ2n) is 5.31. The van der Waals surface area contributed by atoms with Crippen molar-refractivity contribution in [1.29, 1.82) is 0 Å². The Kier molecular flexibility index (Phi) is 3.28. The summed E-state index contributed by atoms with van der Waals surface area (Å²) in [6, 6.07) is 8.82. The number of aryl methyl sites for hydroxylation is 1. The highest BCUT2D eigenvalue weighted by Crippen LogP contribution is 2.27. The van der Waals surface area contributed by atoms with Gasteiger partial charge in [-0.15, -0.1) is 0 Å². The largest absolute Gasteiger partial charge is 0.497 e. The van der Waals surface area contributed by atoms with E-state index in [4.69, 9.17) is 4.74 Å². The van der Waals surface area contributed by atoms with E-state index >= 15 is 0 Å². The second-order valence-corrected chi connectivity index (χ2v) is 5.31. The molecule has 1 aliphatic heterocycles. The second kappa shape index (κ2) is 5.08. The van der Waals surface area contributed by atoms with Gasteiger partial charge in [-0.2, -0.15) is 0 Å². The molecule has 0 saturated carbocycles. The van der Waals surface area contributed by atoms with Crippen molar-refractivity contribution in [2.24, 2.45) is 0 Å². The fourth-order valence-electron chi connectivity index (χ4n) is 2.97. The van der Waals surface area contributed by atoms with E-state index in [1.165, 1.54) is 29.9 Å². The molecule has 0 bridgehead atoms. The normalized spacial score (nSPS) is 18.1. The first kappa shape index (κ1) is 12.3. The Balaban J connectivity index is 1.89. The summed E-state index contributed by atoms with van der Waals surface area (Å²) in [5.41, 5.74) is 2.64. The van der Waals surface area contributed by atoms with Gasteiger partial charge in [-0.3, -0.25) is 0 Å². The molecule has 0 saturated heterocycles. The van der Waals surface area contributed by atoms with E-state index in [0.29, 0.717) is 6.04 Å². The molecule has 0 N–H and O–H groups in total. The number of nitrogens with zero attached hydrogens (tertiary/aromatic N) is 2. The molecule has 1 aromatic carbocycles. The smallest absolute Gasteiger partial charge is 0.119 e. The third kappa shape index (κ3) is 2.37. The van der Waals surface area contributed by atoms with Gasteiger partial charge in [0.1, 0.15) is 11.6 Å². The van der Waals surface area contributed by atoms with Crippen molar-refractivity contribution >= 4 is 0 Å². The molecule has 1 unspecified atom stereocenters. The molecule has 0 fully saturated rings. The van der Waals surface area contributed by atoms with Gasteiger partial charge in [0.2, 0.25) is 0 Å². The topological polar surface area (TPSA) is 27.1 Å². The summed E-state index contributed by atoms with van der Waals surface area (Å²) in [6.45, 7) is 2.29. The minimum Gasteiger partial charge on any atom is -0.497 e. The number of hydrogen-bond donors (Lipinski definition) is 0. The zero-order chi connectivity index (χ0) is 13.2. The summed E-state index contributed by atoms with van der Waals surface area (Å²) in [5, 5.41) is 0. The van der Waals surface area contributed by atoms with E-state index in [2.05, 4.69) is 28.6 Å². The Labute approximate surface area is 114 Å². The highest BCUT2D eigenvalue weighted by Gasteiger charge is 2.19. The third-order valence-corrected chi connectivity index (χ3v) is 3.94. The van der Waals surface area contributed by atoms with Crippen LogP contribution >= 0.6 is 0 Å². The Bertz CT molecular complexity index is 574. The van der Waals surface area contributed by atoms with E-state index in [-0.39, 0.29) is 0 Å². The van der Waals surface area contributed by atoms with Crippen LogP contribution in [0.3, 0.4) is 0 Å². The van der Waals surface area contributed by atoms with Crippen molar-refractivity contribution < 1.29 is 4.74 Å². The van der Waals surface area contributed by atoms with Crippen LogP contribution in [-0.2, 0) is 12.8 Å². The monoisotopic (exact) mass is 256 g/mol. The van der Waals surface area contributed by atoms with E-state index in [0.717, 1.165) is 18.6 Å². The Morgan fingerprint density at radius 3 is 3.16 bits per heavy atom. The maximum Gasteiger partial charge on any atom is 0.119 e. The van der Waals surface area contributed by atoms with Crippen molar-refractivity contribution in [1.82, 2.24) is 9.55 Å². The Morgan fingerprint density at radius 1 is 1.42 bits per heavy atom. The summed E-state index contributed by atoms with van der Waals surface area (Å²) >= 11 is 0. The molecule has 19 heavy (non-hydrogen) atoms. The van der Waals surface area contributed by atoms with Gasteiger partial charge in [-0.05, 0) is 43.9 Å². The predicted octanol–water partition coefficient (Wildman–Crippen LogP) is 3.38. The van der Waals surface area contributed by atoms with Gasteiger partial charge in [0, 0.05) is 24.4 Å². The first-order valence-electron chi connectivity index (χ1n) is 6.96. The van der Waals surface area contributed by atoms with Gasteiger partial charge in [0.05, 0.1) is 7.11 Å². The number of rotatable bonds is 3. The molecule has 0 radical (unpaired) electrons. The molecule has 0 spiro atoms. The number of ether oxygens (including phenoxy) is 1. The number of aromatic nitrogens is 2. The first-order valence-corrected chi connectivity index (χ1v) is 6.96. The van der Waals surface area contributed by atoms with Gasteiger partial charge in [-0.1, -0.05) is 12.1 Å². The standard InChI is InChI=1S/C16H20N2O/c1-12-5-3-7-14-11-17-16(18(12)14)10-13-6-4-8-15(9-13)19-2/h4,6,8-9,11-12H,3,5,7,10H2,1-2H3. The zero-order valence-electron chi connectivity index (χ0n) is 11.6. The maximum absolute atomic E-state index is 5.28. The highest BCUT2D eigenvalue weighted by atomic mass is 16.5. The lowest BCUT2D eigenvalue weighted by atomic mass is 10.0. The molecular weight excluding hydrogens is 236 g/mol. The Hall–Kier alpha value is -1.77. The average Bonchev–Trinajstić information content (AvgIpc) is 2.84. The minimum absolute atomic E-state index is 0.576. The number of benzene rings is 1. The molecule has 3 heteroatoms. The summed E-state index contributed by atoms with van der Waals surface area (Å²) in [4.78, 5) is 4.62. The van der Waals surface area contributed by atoms with Gasteiger partial charge < -0.3 is 9.30 Å². The SMILES string of the molecule is COc1cccc(Cc2ncc3n2C(C)CCC3)c1. The van der Waals surface area contributed by atoms with Crippen molar-refractivity contribution in [2.45, 2.75) is 38.6 Å². The summed E-state index contributed by atoms with van der Waals surface area (Å²) in [5.74, 6) is 2.09. The van der Waals surface area contributed by atoms with E-state index in [1.54, 1.807) is 7.11 Å². The molecule has 100 valence electrons. The molecule has 3 nitrogen and oxygen atoms in total. The molecular formula is C16H20N2O. The van der Waals surface area contributed by atoms with Crippen molar-refractivity contribution in [3.05, 3.63) is 47.5 Å². The van der Waals surface area contributed by atoms with Crippen LogP contribution in [-0.4, -0.2) is 16.7 Å². The zero-order valence-corrected chi connectivity index (χ0v) is 11.6. The lowest BCUT2D eigenvalue weighted by Gasteiger charge is -2.24. The number of methoxy groups -OCH3 is 1. The fourth-order valence-corrected chi connectivity index (χ4v) is 2.97. The summed E-state index contributed by atoms with van der Waals surface area (Å²) < 4.78 is 7.70. The first-order chi connectivity index (χ1) is 9.28. The number of fused-ring (bicyclic) bond motifs is 1. The van der Waals surface area contributed by atoms with Crippen LogP contribution in [0.15, 0.2) is 30.5 Å². The molecule has 1 atom stereocenters. The molecule has 1 aromatic heterocycles. The number of imidazole rings is 1. The van der Waals surface area contributed by atoms with Crippen LogP contribution in [0.1, 0.15) is 42.9 Å². The van der Waals surface area contributed by atoms with Crippen LogP contribution < -0.4 is 4.74 Å². The third-order valence-electron chi connectivity index (χ3n) is 3.94. The summed E-state index contributed by atoms with van der Waals surface area (Å²) in [6.07, 6.45) is 6.63. The van der Waals surface area contributed by atoms with Crippen molar-refractivity contribution in [2.75, 3.05) is 7.11 Å². The van der Waals surface area contributed by atoms with Gasteiger partial charge in [0.25, 0.3) is 0 Å². The van der Waals surface area contributed by atoms with Crippen LogP contribution in [0, 0.1) is 0 Å². The van der Waals surface area contributed by atoms with E-state index in [1.807, 2.05) is 18.3 Å². The van der Waals surface area contributed by atoms with Crippen LogP contribution in [0.2, 0.25) is 0 Å². The average molecular weight is 256 g/mol. The predicted molar refractivity (Wildman–Crippen MR) is 75.7 cm³/mol. The quantitative estimate of drug-likeness (QED) is 0.841. The van der Waals surface area contributed by atoms with Gasteiger partial charge >= 0.3 is 0 Å². The van der Waals surface area contributed by atoms with Gasteiger partial charge in [-0.25, -0.2) is 4.98 Å². The highest BCUT2D eigenvalue weighted by molar-refractivity contribution is 5.30. The molecule has 2 heterocycles. The maximum atomic E-state index is 5.28. The Morgan fingerprint density at radius 2 is 2.32 bits per heavy atom. The molecule has 0 amide bonds. The van der Waals surface area contributed by atoms with Crippen LogP contribution in [0.25, 0.3) is 0 Å². The lowest BCUT2D eigenvalue weighted by molar-refractivity contribution is 0.413. The van der Waals surface area contributed by atoms with Crippen molar-refractivity contribution in [3.8, 4) is 5.75 Å². The van der Waals surface area contributed by atoms with Gasteiger partial charge in [0.15, 0.2) is 0 Å². The van der Waals surface area contributed by atoms with Crippen LogP contribution in [0.5, 0.6) is 5.75 Å². The van der Waals surface area contributed by atoms with Crippen molar-refractivity contribution in [3.63, 3.8) is 0 Å². The summed E-state index contributed by atoms with van der Waals surface area (Å²) in [7, 11) is 1.71. The number of hydrogen-bond acceptors (Lipinski definition) is 2. The van der Waals surface area contributed by atoms with Crippen LogP contribution in [0.4, 0.5) is 0 Å². The fraction of sp³-hybridized carbons (Fsp3) is 0.438. The van der Waals surface area contributed by atoms with E-state index < -0.39 is 0 Å². The molecule has 2 aromatic rings. The molecule has 0 aliphatic carbocycles. The minimum atomic E-state index is 0.576. The molecule has 3 rings (SSSR count). The molecule has 1 aliphatic rings. The lowest BCUT2D eigenvalue weighted by Crippen LogP contribution is -2.17. The van der Waals surface area contributed by atoms with E-state index in [9.17, 15) is 0 Å².